The molecule has 0 saturated heterocycles. The zero-order valence-corrected chi connectivity index (χ0v) is 13.1. The summed E-state index contributed by atoms with van der Waals surface area (Å²) in [7, 11) is 0. The number of carbonyl (C=O) groups is 1. The molecular weight excluding hydrogens is 300 g/mol. The molecule has 0 unspecified atom stereocenters. The van der Waals surface area contributed by atoms with Gasteiger partial charge in [-0.15, -0.1) is 0 Å². The van der Waals surface area contributed by atoms with Crippen molar-refractivity contribution in [2.75, 3.05) is 6.54 Å². The maximum absolute atomic E-state index is 12.3. The van der Waals surface area contributed by atoms with Crippen LogP contribution in [0.25, 0.3) is 10.9 Å². The van der Waals surface area contributed by atoms with Gasteiger partial charge in [-0.3, -0.25) is 4.79 Å². The van der Waals surface area contributed by atoms with E-state index < -0.39 is 5.60 Å². The van der Waals surface area contributed by atoms with Crippen LogP contribution in [0, 0.1) is 0 Å². The van der Waals surface area contributed by atoms with Crippen LogP contribution in [0.3, 0.4) is 0 Å². The van der Waals surface area contributed by atoms with Gasteiger partial charge in [0.25, 0.3) is 5.91 Å². The number of hydrogen-bond donors (Lipinski definition) is 2. The predicted molar refractivity (Wildman–Crippen MR) is 87.1 cm³/mol. The lowest BCUT2D eigenvalue weighted by atomic mass is 9.85. The van der Waals surface area contributed by atoms with Gasteiger partial charge in [0.1, 0.15) is 5.69 Å². The average molecular weight is 319 g/mol. The van der Waals surface area contributed by atoms with E-state index in [1.54, 1.807) is 12.1 Å². The van der Waals surface area contributed by atoms with Gasteiger partial charge in [-0.2, -0.15) is 0 Å². The molecule has 1 heterocycles. The number of rotatable bonds is 3. The van der Waals surface area contributed by atoms with Crippen molar-refractivity contribution in [1.82, 2.24) is 10.3 Å². The molecule has 1 aliphatic carbocycles. The number of fused-ring (bicyclic) bond motifs is 1. The van der Waals surface area contributed by atoms with Crippen LogP contribution in [0.5, 0.6) is 0 Å². The van der Waals surface area contributed by atoms with Crippen LogP contribution in [0.2, 0.25) is 5.02 Å². The lowest BCUT2D eigenvalue weighted by molar-refractivity contribution is 0.00521. The number of pyridine rings is 1. The highest BCUT2D eigenvalue weighted by Crippen LogP contribution is 2.27. The first-order valence-electron chi connectivity index (χ1n) is 7.63. The topological polar surface area (TPSA) is 62.2 Å². The molecule has 0 radical (unpaired) electrons. The van der Waals surface area contributed by atoms with Crippen molar-refractivity contribution < 1.29 is 9.90 Å². The van der Waals surface area contributed by atoms with Crippen molar-refractivity contribution in [1.29, 1.82) is 0 Å². The van der Waals surface area contributed by atoms with Gasteiger partial charge in [-0.1, -0.05) is 49.1 Å². The number of hydrogen-bond acceptors (Lipinski definition) is 3. The SMILES string of the molecule is O=C(NCC1(O)CCCCC1)c1ccc2cccc(Cl)c2n1. The predicted octanol–water partition coefficient (Wildman–Crippen LogP) is 3.31. The second kappa shape index (κ2) is 6.23. The minimum Gasteiger partial charge on any atom is -0.388 e. The van der Waals surface area contributed by atoms with E-state index in [9.17, 15) is 9.90 Å². The fourth-order valence-corrected chi connectivity index (χ4v) is 3.18. The van der Waals surface area contributed by atoms with Crippen molar-refractivity contribution in [2.45, 2.75) is 37.7 Å². The highest BCUT2D eigenvalue weighted by molar-refractivity contribution is 6.35. The summed E-state index contributed by atoms with van der Waals surface area (Å²) >= 11 is 6.12. The third-order valence-corrected chi connectivity index (χ3v) is 4.57. The van der Waals surface area contributed by atoms with Crippen LogP contribution in [0.15, 0.2) is 30.3 Å². The Kier molecular flexibility index (Phi) is 4.32. The molecule has 1 amide bonds. The van der Waals surface area contributed by atoms with Crippen LogP contribution in [0.1, 0.15) is 42.6 Å². The third kappa shape index (κ3) is 3.23. The molecule has 1 fully saturated rings. The van der Waals surface area contributed by atoms with E-state index >= 15 is 0 Å². The zero-order chi connectivity index (χ0) is 15.6. The van der Waals surface area contributed by atoms with E-state index in [0.717, 1.165) is 37.5 Å². The molecule has 0 bridgehead atoms. The van der Waals surface area contributed by atoms with Gasteiger partial charge in [0, 0.05) is 11.9 Å². The van der Waals surface area contributed by atoms with Crippen LogP contribution >= 0.6 is 11.6 Å². The molecular formula is C17H19ClN2O2. The van der Waals surface area contributed by atoms with Crippen molar-refractivity contribution in [3.8, 4) is 0 Å². The number of halogens is 1. The molecule has 22 heavy (non-hydrogen) atoms. The molecule has 4 nitrogen and oxygen atoms in total. The van der Waals surface area contributed by atoms with Crippen molar-refractivity contribution in [3.63, 3.8) is 0 Å². The first-order valence-corrected chi connectivity index (χ1v) is 8.01. The summed E-state index contributed by atoms with van der Waals surface area (Å²) in [4.78, 5) is 16.6. The Labute approximate surface area is 134 Å². The Morgan fingerprint density at radius 1 is 1.23 bits per heavy atom. The maximum Gasteiger partial charge on any atom is 0.270 e. The second-order valence-electron chi connectivity index (χ2n) is 5.98. The molecule has 116 valence electrons. The van der Waals surface area contributed by atoms with Gasteiger partial charge in [0.15, 0.2) is 0 Å². The Morgan fingerprint density at radius 3 is 2.77 bits per heavy atom. The molecule has 5 heteroatoms. The van der Waals surface area contributed by atoms with E-state index in [0.29, 0.717) is 16.2 Å². The number of aliphatic hydroxyl groups is 1. The Hall–Kier alpha value is -1.65. The van der Waals surface area contributed by atoms with Crippen molar-refractivity contribution in [2.24, 2.45) is 0 Å². The summed E-state index contributed by atoms with van der Waals surface area (Å²) in [5.74, 6) is -0.277. The molecule has 3 rings (SSSR count). The molecule has 1 saturated carbocycles. The third-order valence-electron chi connectivity index (χ3n) is 4.27. The molecule has 2 N–H and O–H groups in total. The highest BCUT2D eigenvalue weighted by Gasteiger charge is 2.29. The standard InChI is InChI=1S/C17H19ClN2O2/c18-13-6-4-5-12-7-8-14(20-15(12)13)16(21)19-11-17(22)9-2-1-3-10-17/h4-8,22H,1-3,9-11H2,(H,19,21). The van der Waals surface area contributed by atoms with Crippen LogP contribution < -0.4 is 5.32 Å². The number of para-hydroxylation sites is 1. The molecule has 2 aromatic rings. The Bertz CT molecular complexity index is 696. The molecule has 0 atom stereocenters. The minimum atomic E-state index is -0.775. The maximum atomic E-state index is 12.3. The normalized spacial score (nSPS) is 17.4. The fourth-order valence-electron chi connectivity index (χ4n) is 2.96. The summed E-state index contributed by atoms with van der Waals surface area (Å²) in [6.45, 7) is 0.272. The van der Waals surface area contributed by atoms with E-state index in [4.69, 9.17) is 11.6 Å². The molecule has 1 aliphatic rings. The number of benzene rings is 1. The molecule has 0 aliphatic heterocycles. The summed E-state index contributed by atoms with van der Waals surface area (Å²) in [5, 5.41) is 14.6. The number of nitrogens with zero attached hydrogens (tertiary/aromatic N) is 1. The van der Waals surface area contributed by atoms with Crippen molar-refractivity contribution >= 4 is 28.4 Å². The molecule has 1 aromatic heterocycles. The monoisotopic (exact) mass is 318 g/mol. The van der Waals surface area contributed by atoms with Crippen LogP contribution in [-0.4, -0.2) is 28.1 Å². The molecule has 0 spiro atoms. The first-order chi connectivity index (χ1) is 10.6. The number of carbonyl (C=O) groups excluding carboxylic acids is 1. The summed E-state index contributed by atoms with van der Waals surface area (Å²) in [6, 6.07) is 9.02. The van der Waals surface area contributed by atoms with E-state index in [2.05, 4.69) is 10.3 Å². The minimum absolute atomic E-state index is 0.272. The van der Waals surface area contributed by atoms with Gasteiger partial charge < -0.3 is 10.4 Å². The van der Waals surface area contributed by atoms with Gasteiger partial charge in [0.2, 0.25) is 0 Å². The average Bonchev–Trinajstić information content (AvgIpc) is 2.53. The van der Waals surface area contributed by atoms with E-state index in [1.165, 1.54) is 0 Å². The summed E-state index contributed by atoms with van der Waals surface area (Å²) in [6.07, 6.45) is 4.65. The number of aromatic nitrogens is 1. The zero-order valence-electron chi connectivity index (χ0n) is 12.3. The molecule has 1 aromatic carbocycles. The number of nitrogens with one attached hydrogen (secondary N) is 1. The fraction of sp³-hybridized carbons (Fsp3) is 0.412. The van der Waals surface area contributed by atoms with E-state index in [1.807, 2.05) is 18.2 Å². The lowest BCUT2D eigenvalue weighted by Crippen LogP contribution is -2.44. The largest absolute Gasteiger partial charge is 0.388 e. The number of amides is 1. The summed E-state index contributed by atoms with van der Waals surface area (Å²) in [5.41, 5.74) is 0.163. The van der Waals surface area contributed by atoms with Crippen LogP contribution in [-0.2, 0) is 0 Å². The van der Waals surface area contributed by atoms with E-state index in [-0.39, 0.29) is 12.5 Å². The van der Waals surface area contributed by atoms with Gasteiger partial charge in [-0.25, -0.2) is 4.98 Å². The Balaban J connectivity index is 1.73. The van der Waals surface area contributed by atoms with Crippen LogP contribution in [0.4, 0.5) is 0 Å². The highest BCUT2D eigenvalue weighted by atomic mass is 35.5. The first kappa shape index (κ1) is 15.3. The second-order valence-corrected chi connectivity index (χ2v) is 6.38. The lowest BCUT2D eigenvalue weighted by Gasteiger charge is -2.32. The van der Waals surface area contributed by atoms with Gasteiger partial charge >= 0.3 is 0 Å². The quantitative estimate of drug-likeness (QED) is 0.912. The summed E-state index contributed by atoms with van der Waals surface area (Å²) < 4.78 is 0. The van der Waals surface area contributed by atoms with Crippen molar-refractivity contribution in [3.05, 3.63) is 41.0 Å². The van der Waals surface area contributed by atoms with Gasteiger partial charge in [0.05, 0.1) is 16.1 Å². The smallest absolute Gasteiger partial charge is 0.270 e. The van der Waals surface area contributed by atoms with Gasteiger partial charge in [-0.05, 0) is 25.0 Å². The Morgan fingerprint density at radius 2 is 2.00 bits per heavy atom.